The Kier molecular flexibility index (Phi) is 6.49. The van der Waals surface area contributed by atoms with Crippen molar-refractivity contribution in [3.8, 4) is 0 Å². The molecule has 1 aromatic carbocycles. The van der Waals surface area contributed by atoms with Crippen LogP contribution in [-0.4, -0.2) is 39.9 Å². The molecule has 2 N–H and O–H groups in total. The summed E-state index contributed by atoms with van der Waals surface area (Å²) >= 11 is 0. The van der Waals surface area contributed by atoms with Crippen molar-refractivity contribution < 1.29 is 19.2 Å². The summed E-state index contributed by atoms with van der Waals surface area (Å²) in [4.78, 5) is 36.7. The van der Waals surface area contributed by atoms with Crippen LogP contribution in [0.5, 0.6) is 0 Å². The number of para-hydroxylation sites is 1. The van der Waals surface area contributed by atoms with Crippen LogP contribution in [0.1, 0.15) is 51.4 Å². The predicted molar refractivity (Wildman–Crippen MR) is 94.1 cm³/mol. The minimum absolute atomic E-state index is 0.00180. The molecule has 138 valence electrons. The summed E-state index contributed by atoms with van der Waals surface area (Å²) in [6.45, 7) is 8.61. The van der Waals surface area contributed by atoms with Crippen LogP contribution >= 0.6 is 0 Å². The van der Waals surface area contributed by atoms with E-state index in [9.17, 15) is 19.7 Å². The van der Waals surface area contributed by atoms with Crippen LogP contribution in [0.15, 0.2) is 18.2 Å². The maximum atomic E-state index is 12.9. The first-order valence-corrected chi connectivity index (χ1v) is 8.03. The maximum absolute atomic E-state index is 12.9. The number of carbonyl (C=O) groups is 2. The Morgan fingerprint density at radius 3 is 2.44 bits per heavy atom. The summed E-state index contributed by atoms with van der Waals surface area (Å²) in [6.07, 6.45) is 0.601. The average Bonchev–Trinajstić information content (AvgIpc) is 2.49. The van der Waals surface area contributed by atoms with Crippen molar-refractivity contribution in [3.63, 3.8) is 0 Å². The molecule has 0 heterocycles. The largest absolute Gasteiger partial charge is 0.459 e. The van der Waals surface area contributed by atoms with Gasteiger partial charge in [0, 0.05) is 12.1 Å². The molecule has 1 amide bonds. The third-order valence-electron chi connectivity index (χ3n) is 3.61. The van der Waals surface area contributed by atoms with E-state index in [1.54, 1.807) is 27.7 Å². The molecule has 1 aromatic rings. The third-order valence-corrected chi connectivity index (χ3v) is 3.61. The fraction of sp³-hybridized carbons (Fsp3) is 0.529. The SMILES string of the molecule is CCC(C)N(CC(=O)OC(C)(C)C)C(=O)c1cccc([N+](=O)[O-])c1N. The van der Waals surface area contributed by atoms with Gasteiger partial charge in [0.15, 0.2) is 0 Å². The van der Waals surface area contributed by atoms with Crippen molar-refractivity contribution in [2.24, 2.45) is 0 Å². The number of amides is 1. The van der Waals surface area contributed by atoms with Crippen molar-refractivity contribution >= 4 is 23.3 Å². The first-order valence-electron chi connectivity index (χ1n) is 8.03. The topological polar surface area (TPSA) is 116 Å². The Labute approximate surface area is 147 Å². The third kappa shape index (κ3) is 5.44. The van der Waals surface area contributed by atoms with Crippen molar-refractivity contribution in [2.45, 2.75) is 52.7 Å². The van der Waals surface area contributed by atoms with Crippen molar-refractivity contribution in [1.82, 2.24) is 4.90 Å². The van der Waals surface area contributed by atoms with Crippen LogP contribution in [0.25, 0.3) is 0 Å². The molecule has 0 aliphatic heterocycles. The number of nitrogens with two attached hydrogens (primary N) is 1. The molecule has 0 bridgehead atoms. The molecule has 0 aromatic heterocycles. The Hall–Kier alpha value is -2.64. The summed E-state index contributed by atoms with van der Waals surface area (Å²) in [5.41, 5.74) is 4.56. The van der Waals surface area contributed by atoms with E-state index in [0.29, 0.717) is 6.42 Å². The van der Waals surface area contributed by atoms with Crippen molar-refractivity contribution in [3.05, 3.63) is 33.9 Å². The number of hydrogen-bond donors (Lipinski definition) is 1. The van der Waals surface area contributed by atoms with Gasteiger partial charge >= 0.3 is 5.97 Å². The predicted octanol–water partition coefficient (Wildman–Crippen LogP) is 2.76. The molecular weight excluding hydrogens is 326 g/mol. The Bertz CT molecular complexity index is 667. The second-order valence-corrected chi connectivity index (χ2v) is 6.77. The Balaban J connectivity index is 3.16. The van der Waals surface area contributed by atoms with E-state index in [4.69, 9.17) is 10.5 Å². The number of benzene rings is 1. The highest BCUT2D eigenvalue weighted by molar-refractivity contribution is 6.02. The first kappa shape index (κ1) is 20.4. The molecule has 0 spiro atoms. The minimum atomic E-state index is -0.675. The zero-order valence-corrected chi connectivity index (χ0v) is 15.2. The highest BCUT2D eigenvalue weighted by atomic mass is 16.6. The molecule has 25 heavy (non-hydrogen) atoms. The number of carbonyl (C=O) groups excluding carboxylic acids is 2. The van der Waals surface area contributed by atoms with E-state index in [1.807, 2.05) is 6.92 Å². The lowest BCUT2D eigenvalue weighted by Crippen LogP contribution is -2.43. The minimum Gasteiger partial charge on any atom is -0.459 e. The van der Waals surface area contributed by atoms with Crippen LogP contribution in [0.3, 0.4) is 0 Å². The summed E-state index contributed by atoms with van der Waals surface area (Å²) < 4.78 is 5.27. The van der Waals surface area contributed by atoms with E-state index in [2.05, 4.69) is 0 Å². The van der Waals surface area contributed by atoms with Gasteiger partial charge in [-0.05, 0) is 40.2 Å². The zero-order valence-electron chi connectivity index (χ0n) is 15.2. The van der Waals surface area contributed by atoms with Crippen molar-refractivity contribution in [1.29, 1.82) is 0 Å². The van der Waals surface area contributed by atoms with E-state index in [-0.39, 0.29) is 29.5 Å². The molecule has 0 saturated heterocycles. The number of esters is 1. The smallest absolute Gasteiger partial charge is 0.326 e. The van der Waals surface area contributed by atoms with E-state index < -0.39 is 22.4 Å². The maximum Gasteiger partial charge on any atom is 0.326 e. The summed E-state index contributed by atoms with van der Waals surface area (Å²) in [6, 6.07) is 3.77. The Morgan fingerprint density at radius 1 is 1.36 bits per heavy atom. The van der Waals surface area contributed by atoms with Gasteiger partial charge in [-0.1, -0.05) is 13.0 Å². The molecule has 0 fully saturated rings. The number of hydrogen-bond acceptors (Lipinski definition) is 6. The standard InChI is InChI=1S/C17H25N3O5/c1-6-11(2)19(10-14(21)25-17(3,4)5)16(22)12-8-7-9-13(15(12)18)20(23)24/h7-9,11H,6,10,18H2,1-5H3. The van der Waals surface area contributed by atoms with Gasteiger partial charge in [0.25, 0.3) is 11.6 Å². The molecule has 1 atom stereocenters. The normalized spacial score (nSPS) is 12.4. The fourth-order valence-electron chi connectivity index (χ4n) is 2.21. The lowest BCUT2D eigenvalue weighted by atomic mass is 10.1. The van der Waals surface area contributed by atoms with Gasteiger partial charge < -0.3 is 15.4 Å². The fourth-order valence-corrected chi connectivity index (χ4v) is 2.21. The van der Waals surface area contributed by atoms with Gasteiger partial charge in [0.1, 0.15) is 17.8 Å². The van der Waals surface area contributed by atoms with Gasteiger partial charge in [-0.15, -0.1) is 0 Å². The van der Waals surface area contributed by atoms with E-state index in [0.717, 1.165) is 0 Å². The van der Waals surface area contributed by atoms with Crippen LogP contribution in [0.4, 0.5) is 11.4 Å². The number of nitrogens with zero attached hydrogens (tertiary/aromatic N) is 2. The number of ether oxygens (including phenoxy) is 1. The second kappa shape index (κ2) is 7.96. The number of nitrogen functional groups attached to an aromatic ring is 1. The highest BCUT2D eigenvalue weighted by Gasteiger charge is 2.29. The van der Waals surface area contributed by atoms with Gasteiger partial charge in [-0.25, -0.2) is 0 Å². The molecule has 0 saturated carbocycles. The van der Waals surface area contributed by atoms with Crippen LogP contribution in [0.2, 0.25) is 0 Å². The average molecular weight is 351 g/mol. The zero-order chi connectivity index (χ0) is 19.4. The number of rotatable bonds is 6. The number of nitro groups is 1. The molecule has 8 heteroatoms. The summed E-state index contributed by atoms with van der Waals surface area (Å²) in [5.74, 6) is -1.09. The molecule has 0 aliphatic carbocycles. The number of nitro benzene ring substituents is 1. The van der Waals surface area contributed by atoms with Crippen LogP contribution in [-0.2, 0) is 9.53 Å². The first-order chi connectivity index (χ1) is 11.5. The monoisotopic (exact) mass is 351 g/mol. The molecule has 0 aliphatic rings. The van der Waals surface area contributed by atoms with Gasteiger partial charge in [-0.2, -0.15) is 0 Å². The molecule has 8 nitrogen and oxygen atoms in total. The van der Waals surface area contributed by atoms with E-state index >= 15 is 0 Å². The highest BCUT2D eigenvalue weighted by Crippen LogP contribution is 2.26. The lowest BCUT2D eigenvalue weighted by Gasteiger charge is -2.29. The van der Waals surface area contributed by atoms with Gasteiger partial charge in [0.2, 0.25) is 0 Å². The quantitative estimate of drug-likeness (QED) is 0.364. The van der Waals surface area contributed by atoms with Crippen LogP contribution < -0.4 is 5.73 Å². The lowest BCUT2D eigenvalue weighted by molar-refractivity contribution is -0.383. The Morgan fingerprint density at radius 2 is 1.96 bits per heavy atom. The molecule has 1 unspecified atom stereocenters. The summed E-state index contributed by atoms with van der Waals surface area (Å²) in [5, 5.41) is 11.0. The van der Waals surface area contributed by atoms with Gasteiger partial charge in [0.05, 0.1) is 10.5 Å². The molecule has 1 rings (SSSR count). The van der Waals surface area contributed by atoms with Crippen LogP contribution in [0, 0.1) is 10.1 Å². The number of anilines is 1. The van der Waals surface area contributed by atoms with Crippen molar-refractivity contribution in [2.75, 3.05) is 12.3 Å². The van der Waals surface area contributed by atoms with E-state index in [1.165, 1.54) is 23.1 Å². The molecular formula is C17H25N3O5. The van der Waals surface area contributed by atoms with Gasteiger partial charge in [-0.3, -0.25) is 19.7 Å². The second-order valence-electron chi connectivity index (χ2n) is 6.77. The molecule has 0 radical (unpaired) electrons. The summed E-state index contributed by atoms with van der Waals surface area (Å²) in [7, 11) is 0.